The largest absolute Gasteiger partial charge is 0.383 e. The van der Waals surface area contributed by atoms with Crippen LogP contribution in [0.1, 0.15) is 17.3 Å². The van der Waals surface area contributed by atoms with Gasteiger partial charge in [0.1, 0.15) is 0 Å². The van der Waals surface area contributed by atoms with E-state index >= 15 is 0 Å². The SMILES string of the molecule is CCn1cc(C(=O)C=CN(C)C)c2ccnc(Cl)c21. The quantitative estimate of drug-likeness (QED) is 0.490. The minimum absolute atomic E-state index is 0.0341. The molecule has 2 rings (SSSR count). The van der Waals surface area contributed by atoms with E-state index in [2.05, 4.69) is 4.98 Å². The van der Waals surface area contributed by atoms with Crippen LogP contribution in [0.3, 0.4) is 0 Å². The van der Waals surface area contributed by atoms with Crippen LogP contribution in [0.5, 0.6) is 0 Å². The smallest absolute Gasteiger partial charge is 0.189 e. The van der Waals surface area contributed by atoms with E-state index in [1.807, 2.05) is 42.7 Å². The predicted molar refractivity (Wildman–Crippen MR) is 77.6 cm³/mol. The number of aryl methyl sites for hydroxylation is 1. The summed E-state index contributed by atoms with van der Waals surface area (Å²) in [5.74, 6) is -0.0341. The average molecular weight is 278 g/mol. The Kier molecular flexibility index (Phi) is 3.90. The highest BCUT2D eigenvalue weighted by Crippen LogP contribution is 2.26. The Labute approximate surface area is 117 Å². The number of fused-ring (bicyclic) bond motifs is 1. The lowest BCUT2D eigenvalue weighted by atomic mass is 10.1. The van der Waals surface area contributed by atoms with Gasteiger partial charge in [0.05, 0.1) is 5.52 Å². The van der Waals surface area contributed by atoms with Gasteiger partial charge in [-0.25, -0.2) is 4.98 Å². The van der Waals surface area contributed by atoms with Crippen LogP contribution in [-0.4, -0.2) is 34.3 Å². The van der Waals surface area contributed by atoms with E-state index in [9.17, 15) is 4.79 Å². The van der Waals surface area contributed by atoms with Crippen LogP contribution >= 0.6 is 11.6 Å². The standard InChI is InChI=1S/C14H16ClN3O/c1-4-18-9-11(12(19)6-8-17(2)3)10-5-7-16-14(15)13(10)18/h5-9H,4H2,1-3H3. The van der Waals surface area contributed by atoms with Crippen LogP contribution in [0.25, 0.3) is 10.9 Å². The van der Waals surface area contributed by atoms with E-state index in [0.29, 0.717) is 10.7 Å². The highest BCUT2D eigenvalue weighted by molar-refractivity contribution is 6.34. The van der Waals surface area contributed by atoms with Gasteiger partial charge in [0.2, 0.25) is 0 Å². The molecule has 0 aromatic carbocycles. The van der Waals surface area contributed by atoms with Crippen molar-refractivity contribution >= 4 is 28.3 Å². The second-order valence-corrected chi connectivity index (χ2v) is 4.83. The molecular weight excluding hydrogens is 262 g/mol. The van der Waals surface area contributed by atoms with E-state index in [1.165, 1.54) is 0 Å². The van der Waals surface area contributed by atoms with Gasteiger partial charge in [-0.2, -0.15) is 0 Å². The van der Waals surface area contributed by atoms with Crippen LogP contribution in [0, 0.1) is 0 Å². The molecule has 0 unspecified atom stereocenters. The highest BCUT2D eigenvalue weighted by atomic mass is 35.5. The van der Waals surface area contributed by atoms with E-state index in [4.69, 9.17) is 11.6 Å². The molecule has 0 atom stereocenters. The topological polar surface area (TPSA) is 38.1 Å². The monoisotopic (exact) mass is 277 g/mol. The van der Waals surface area contributed by atoms with Crippen LogP contribution in [-0.2, 0) is 6.54 Å². The Hall–Kier alpha value is -1.81. The number of nitrogens with zero attached hydrogens (tertiary/aromatic N) is 3. The Morgan fingerprint density at radius 1 is 1.53 bits per heavy atom. The van der Waals surface area contributed by atoms with E-state index in [1.54, 1.807) is 18.5 Å². The summed E-state index contributed by atoms with van der Waals surface area (Å²) in [5, 5.41) is 1.27. The number of allylic oxidation sites excluding steroid dienone is 1. The first-order chi connectivity index (χ1) is 9.04. The second-order valence-electron chi connectivity index (χ2n) is 4.47. The summed E-state index contributed by atoms with van der Waals surface area (Å²) < 4.78 is 1.95. The van der Waals surface area contributed by atoms with Crippen LogP contribution < -0.4 is 0 Å². The molecule has 0 saturated heterocycles. The molecule has 4 nitrogen and oxygen atoms in total. The molecule has 2 aromatic heterocycles. The molecule has 0 amide bonds. The summed E-state index contributed by atoms with van der Waals surface area (Å²) in [6.07, 6.45) is 6.75. The van der Waals surface area contributed by atoms with E-state index < -0.39 is 0 Å². The Balaban J connectivity index is 2.56. The summed E-state index contributed by atoms with van der Waals surface area (Å²) >= 11 is 6.12. The first-order valence-electron chi connectivity index (χ1n) is 6.07. The lowest BCUT2D eigenvalue weighted by Crippen LogP contribution is -2.03. The second kappa shape index (κ2) is 5.45. The average Bonchev–Trinajstić information content (AvgIpc) is 2.76. The fraction of sp³-hybridized carbons (Fsp3) is 0.286. The number of ketones is 1. The number of hydrogen-bond acceptors (Lipinski definition) is 3. The molecule has 0 radical (unpaired) electrons. The Morgan fingerprint density at radius 2 is 2.26 bits per heavy atom. The fourth-order valence-electron chi connectivity index (χ4n) is 1.96. The van der Waals surface area contributed by atoms with Crippen molar-refractivity contribution in [2.75, 3.05) is 14.1 Å². The minimum Gasteiger partial charge on any atom is -0.383 e. The lowest BCUT2D eigenvalue weighted by Gasteiger charge is -2.02. The number of carbonyl (C=O) groups excluding carboxylic acids is 1. The van der Waals surface area contributed by atoms with Crippen molar-refractivity contribution < 1.29 is 4.79 Å². The zero-order valence-electron chi connectivity index (χ0n) is 11.2. The number of pyridine rings is 1. The van der Waals surface area contributed by atoms with Crippen molar-refractivity contribution in [2.24, 2.45) is 0 Å². The number of hydrogen-bond donors (Lipinski definition) is 0. The third kappa shape index (κ3) is 2.63. The normalized spacial score (nSPS) is 11.4. The third-order valence-corrected chi connectivity index (χ3v) is 3.15. The molecular formula is C14H16ClN3O. The maximum absolute atomic E-state index is 12.2. The maximum atomic E-state index is 12.2. The highest BCUT2D eigenvalue weighted by Gasteiger charge is 2.15. The van der Waals surface area contributed by atoms with Gasteiger partial charge in [-0.3, -0.25) is 4.79 Å². The summed E-state index contributed by atoms with van der Waals surface area (Å²) in [6, 6.07) is 1.82. The molecule has 2 aromatic rings. The van der Waals surface area contributed by atoms with Crippen LogP contribution in [0.2, 0.25) is 5.15 Å². The molecule has 19 heavy (non-hydrogen) atoms. The molecule has 0 aliphatic heterocycles. The van der Waals surface area contributed by atoms with Crippen molar-refractivity contribution in [3.8, 4) is 0 Å². The lowest BCUT2D eigenvalue weighted by molar-refractivity contribution is 0.104. The molecule has 0 bridgehead atoms. The molecule has 0 fully saturated rings. The van der Waals surface area contributed by atoms with Crippen molar-refractivity contribution in [1.82, 2.24) is 14.5 Å². The zero-order valence-corrected chi connectivity index (χ0v) is 12.0. The van der Waals surface area contributed by atoms with Gasteiger partial charge in [-0.05, 0) is 13.0 Å². The summed E-state index contributed by atoms with van der Waals surface area (Å²) in [5.41, 5.74) is 1.47. The van der Waals surface area contributed by atoms with Gasteiger partial charge < -0.3 is 9.47 Å². The van der Waals surface area contributed by atoms with Gasteiger partial charge in [0.15, 0.2) is 10.9 Å². The number of halogens is 1. The van der Waals surface area contributed by atoms with Gasteiger partial charge in [-0.1, -0.05) is 11.6 Å². The fourth-order valence-corrected chi connectivity index (χ4v) is 2.23. The predicted octanol–water partition coefficient (Wildman–Crippen LogP) is 2.97. The molecule has 0 aliphatic carbocycles. The molecule has 2 heterocycles. The first kappa shape index (κ1) is 13.6. The minimum atomic E-state index is -0.0341. The third-order valence-electron chi connectivity index (χ3n) is 2.87. The van der Waals surface area contributed by atoms with Crippen molar-refractivity contribution in [3.63, 3.8) is 0 Å². The van der Waals surface area contributed by atoms with E-state index in [0.717, 1.165) is 17.4 Å². The van der Waals surface area contributed by atoms with Gasteiger partial charge in [-0.15, -0.1) is 0 Å². The van der Waals surface area contributed by atoms with E-state index in [-0.39, 0.29) is 5.78 Å². The van der Waals surface area contributed by atoms with Crippen LogP contribution in [0.15, 0.2) is 30.7 Å². The van der Waals surface area contributed by atoms with Crippen LogP contribution in [0.4, 0.5) is 0 Å². The summed E-state index contributed by atoms with van der Waals surface area (Å²) in [6.45, 7) is 2.75. The van der Waals surface area contributed by atoms with Crippen molar-refractivity contribution in [1.29, 1.82) is 0 Å². The number of rotatable bonds is 4. The molecule has 0 saturated carbocycles. The molecule has 0 N–H and O–H groups in total. The molecule has 0 spiro atoms. The summed E-state index contributed by atoms with van der Waals surface area (Å²) in [7, 11) is 3.75. The molecule has 5 heteroatoms. The molecule has 100 valence electrons. The van der Waals surface area contributed by atoms with Gasteiger partial charge in [0.25, 0.3) is 0 Å². The zero-order chi connectivity index (χ0) is 14.0. The summed E-state index contributed by atoms with van der Waals surface area (Å²) in [4.78, 5) is 18.1. The Bertz CT molecular complexity index is 643. The number of carbonyl (C=O) groups is 1. The van der Waals surface area contributed by atoms with Gasteiger partial charge in [0, 0.05) is 56.3 Å². The number of aromatic nitrogens is 2. The first-order valence-corrected chi connectivity index (χ1v) is 6.44. The van der Waals surface area contributed by atoms with Gasteiger partial charge >= 0.3 is 0 Å². The maximum Gasteiger partial charge on any atom is 0.189 e. The Morgan fingerprint density at radius 3 is 2.89 bits per heavy atom. The van der Waals surface area contributed by atoms with Crippen molar-refractivity contribution in [3.05, 3.63) is 41.5 Å². The van der Waals surface area contributed by atoms with Crippen molar-refractivity contribution in [2.45, 2.75) is 13.5 Å². The molecule has 0 aliphatic rings.